The molecule has 3 aromatic carbocycles. The minimum Gasteiger partial charge on any atom is -0.493 e. The minimum atomic E-state index is 0.617. The fraction of sp³-hybridized carbons (Fsp3) is 0.174. The monoisotopic (exact) mass is 343 g/mol. The third-order valence-corrected chi connectivity index (χ3v) is 4.16. The standard InChI is InChI=1S/C23H21NO2/c1-3-13-26-22-12-11-17(15-23(22)25-2)14-19(16-24)21-10-6-8-18-7-4-5-9-20(18)21/h4-12,14-15H,3,13H2,1-2H3/b19-14+. The van der Waals surface area contributed by atoms with E-state index in [0.717, 1.165) is 34.1 Å². The quantitative estimate of drug-likeness (QED) is 0.426. The normalized spacial score (nSPS) is 11.2. The molecule has 0 aliphatic heterocycles. The van der Waals surface area contributed by atoms with Gasteiger partial charge in [-0.1, -0.05) is 55.5 Å². The Labute approximate surface area is 154 Å². The van der Waals surface area contributed by atoms with Gasteiger partial charge < -0.3 is 9.47 Å². The number of allylic oxidation sites excluding steroid dienone is 1. The molecule has 0 saturated carbocycles. The molecule has 3 aromatic rings. The molecule has 0 N–H and O–H groups in total. The summed E-state index contributed by atoms with van der Waals surface area (Å²) in [6.45, 7) is 2.71. The summed E-state index contributed by atoms with van der Waals surface area (Å²) < 4.78 is 11.1. The topological polar surface area (TPSA) is 42.2 Å². The molecule has 0 radical (unpaired) electrons. The second-order valence-electron chi connectivity index (χ2n) is 5.96. The summed E-state index contributed by atoms with van der Waals surface area (Å²) >= 11 is 0. The maximum atomic E-state index is 9.72. The van der Waals surface area contributed by atoms with Crippen molar-refractivity contribution < 1.29 is 9.47 Å². The number of hydrogen-bond donors (Lipinski definition) is 0. The molecule has 0 saturated heterocycles. The van der Waals surface area contributed by atoms with Gasteiger partial charge in [0, 0.05) is 5.56 Å². The zero-order valence-electron chi connectivity index (χ0n) is 15.0. The number of methoxy groups -OCH3 is 1. The predicted molar refractivity (Wildman–Crippen MR) is 106 cm³/mol. The van der Waals surface area contributed by atoms with Crippen LogP contribution in [0, 0.1) is 11.3 Å². The smallest absolute Gasteiger partial charge is 0.161 e. The Bertz CT molecular complexity index is 978. The van der Waals surface area contributed by atoms with E-state index in [9.17, 15) is 5.26 Å². The molecule has 0 aliphatic carbocycles. The first-order valence-corrected chi connectivity index (χ1v) is 8.67. The van der Waals surface area contributed by atoms with Crippen molar-refractivity contribution in [1.29, 1.82) is 5.26 Å². The SMILES string of the molecule is CCCOc1ccc(/C=C(\C#N)c2cccc3ccccc23)cc1OC. The van der Waals surface area contributed by atoms with Gasteiger partial charge in [-0.15, -0.1) is 0 Å². The third-order valence-electron chi connectivity index (χ3n) is 4.16. The molecule has 26 heavy (non-hydrogen) atoms. The molecule has 0 amide bonds. The fourth-order valence-corrected chi connectivity index (χ4v) is 2.90. The van der Waals surface area contributed by atoms with E-state index in [4.69, 9.17) is 9.47 Å². The number of benzene rings is 3. The van der Waals surface area contributed by atoms with E-state index >= 15 is 0 Å². The lowest BCUT2D eigenvalue weighted by Gasteiger charge is -2.11. The first kappa shape index (κ1) is 17.6. The fourth-order valence-electron chi connectivity index (χ4n) is 2.90. The van der Waals surface area contributed by atoms with Gasteiger partial charge in [0.15, 0.2) is 11.5 Å². The van der Waals surface area contributed by atoms with Crippen LogP contribution < -0.4 is 9.47 Å². The molecule has 0 unspecified atom stereocenters. The number of nitriles is 1. The second kappa shape index (κ2) is 8.22. The van der Waals surface area contributed by atoms with E-state index in [-0.39, 0.29) is 0 Å². The molecular formula is C23H21NO2. The molecule has 0 fully saturated rings. The Morgan fingerprint density at radius 3 is 2.62 bits per heavy atom. The highest BCUT2D eigenvalue weighted by Gasteiger charge is 2.08. The predicted octanol–water partition coefficient (Wildman–Crippen LogP) is 5.70. The molecule has 3 rings (SSSR count). The van der Waals surface area contributed by atoms with Crippen molar-refractivity contribution in [3.8, 4) is 17.6 Å². The molecule has 0 aromatic heterocycles. The molecular weight excluding hydrogens is 322 g/mol. The van der Waals surface area contributed by atoms with Crippen molar-refractivity contribution in [1.82, 2.24) is 0 Å². The van der Waals surface area contributed by atoms with E-state index in [2.05, 4.69) is 25.1 Å². The minimum absolute atomic E-state index is 0.617. The molecule has 0 bridgehead atoms. The van der Waals surface area contributed by atoms with Crippen molar-refractivity contribution in [2.75, 3.05) is 13.7 Å². The van der Waals surface area contributed by atoms with E-state index in [0.29, 0.717) is 17.9 Å². The first-order chi connectivity index (χ1) is 12.8. The Morgan fingerprint density at radius 2 is 1.85 bits per heavy atom. The zero-order valence-corrected chi connectivity index (χ0v) is 15.0. The van der Waals surface area contributed by atoms with Gasteiger partial charge >= 0.3 is 0 Å². The summed E-state index contributed by atoms with van der Waals surface area (Å²) in [6, 6.07) is 22.2. The maximum absolute atomic E-state index is 9.72. The van der Waals surface area contributed by atoms with Crippen LogP contribution in [0.4, 0.5) is 0 Å². The molecule has 0 heterocycles. The van der Waals surface area contributed by atoms with Gasteiger partial charge in [-0.25, -0.2) is 0 Å². The van der Waals surface area contributed by atoms with Crippen molar-refractivity contribution in [2.45, 2.75) is 13.3 Å². The molecule has 130 valence electrons. The van der Waals surface area contributed by atoms with Gasteiger partial charge in [-0.05, 0) is 41.0 Å². The van der Waals surface area contributed by atoms with Gasteiger partial charge in [0.1, 0.15) is 0 Å². The Balaban J connectivity index is 2.03. The highest BCUT2D eigenvalue weighted by Crippen LogP contribution is 2.31. The van der Waals surface area contributed by atoms with E-state index in [1.165, 1.54) is 0 Å². The lowest BCUT2D eigenvalue weighted by atomic mass is 9.97. The van der Waals surface area contributed by atoms with E-state index < -0.39 is 0 Å². The van der Waals surface area contributed by atoms with Gasteiger partial charge in [0.05, 0.1) is 25.4 Å². The van der Waals surface area contributed by atoms with Crippen LogP contribution in [0.25, 0.3) is 22.4 Å². The number of ether oxygens (including phenoxy) is 2. The van der Waals surface area contributed by atoms with Gasteiger partial charge in [-0.3, -0.25) is 0 Å². The first-order valence-electron chi connectivity index (χ1n) is 8.67. The largest absolute Gasteiger partial charge is 0.493 e. The summed E-state index contributed by atoms with van der Waals surface area (Å²) in [5.41, 5.74) is 2.44. The van der Waals surface area contributed by atoms with Crippen LogP contribution in [0.15, 0.2) is 60.7 Å². The number of nitrogens with zero attached hydrogens (tertiary/aromatic N) is 1. The van der Waals surface area contributed by atoms with Crippen LogP contribution in [-0.2, 0) is 0 Å². The van der Waals surface area contributed by atoms with Crippen LogP contribution >= 0.6 is 0 Å². The highest BCUT2D eigenvalue weighted by atomic mass is 16.5. The average molecular weight is 343 g/mol. The van der Waals surface area contributed by atoms with Crippen molar-refractivity contribution in [2.24, 2.45) is 0 Å². The van der Waals surface area contributed by atoms with Crippen LogP contribution in [-0.4, -0.2) is 13.7 Å². The van der Waals surface area contributed by atoms with Crippen molar-refractivity contribution >= 4 is 22.4 Å². The molecule has 3 nitrogen and oxygen atoms in total. The highest BCUT2D eigenvalue weighted by molar-refractivity contribution is 6.01. The third kappa shape index (κ3) is 3.70. The van der Waals surface area contributed by atoms with Gasteiger partial charge in [0.25, 0.3) is 0 Å². The van der Waals surface area contributed by atoms with Crippen LogP contribution in [0.5, 0.6) is 11.5 Å². The van der Waals surface area contributed by atoms with Crippen LogP contribution in [0.2, 0.25) is 0 Å². The Hall–Kier alpha value is -3.25. The molecule has 0 atom stereocenters. The molecule has 3 heteroatoms. The van der Waals surface area contributed by atoms with Gasteiger partial charge in [-0.2, -0.15) is 5.26 Å². The van der Waals surface area contributed by atoms with Gasteiger partial charge in [0.2, 0.25) is 0 Å². The second-order valence-corrected chi connectivity index (χ2v) is 5.96. The average Bonchev–Trinajstić information content (AvgIpc) is 2.70. The number of rotatable bonds is 6. The zero-order chi connectivity index (χ0) is 18.4. The summed E-state index contributed by atoms with van der Waals surface area (Å²) in [7, 11) is 1.62. The summed E-state index contributed by atoms with van der Waals surface area (Å²) in [6.07, 6.45) is 2.82. The maximum Gasteiger partial charge on any atom is 0.161 e. The Morgan fingerprint density at radius 1 is 1.04 bits per heavy atom. The lowest BCUT2D eigenvalue weighted by molar-refractivity contribution is 0.294. The van der Waals surface area contributed by atoms with Crippen LogP contribution in [0.1, 0.15) is 24.5 Å². The van der Waals surface area contributed by atoms with E-state index in [1.807, 2.05) is 54.6 Å². The summed E-state index contributed by atoms with van der Waals surface area (Å²) in [4.78, 5) is 0. The lowest BCUT2D eigenvalue weighted by Crippen LogP contribution is -1.97. The Kier molecular flexibility index (Phi) is 5.56. The van der Waals surface area contributed by atoms with Crippen LogP contribution in [0.3, 0.4) is 0 Å². The number of hydrogen-bond acceptors (Lipinski definition) is 3. The summed E-state index contributed by atoms with van der Waals surface area (Å²) in [5, 5.41) is 11.9. The molecule has 0 spiro atoms. The van der Waals surface area contributed by atoms with Crippen molar-refractivity contribution in [3.63, 3.8) is 0 Å². The molecule has 0 aliphatic rings. The number of fused-ring (bicyclic) bond motifs is 1. The summed E-state index contributed by atoms with van der Waals surface area (Å²) in [5.74, 6) is 1.39. The van der Waals surface area contributed by atoms with E-state index in [1.54, 1.807) is 7.11 Å². The van der Waals surface area contributed by atoms with Crippen molar-refractivity contribution in [3.05, 3.63) is 71.8 Å².